The van der Waals surface area contributed by atoms with E-state index in [1.165, 1.54) is 0 Å². The summed E-state index contributed by atoms with van der Waals surface area (Å²) in [6.07, 6.45) is 0.567. The van der Waals surface area contributed by atoms with Crippen molar-refractivity contribution in [2.45, 2.75) is 20.3 Å². The Balaban J connectivity index is 1.50. The lowest BCUT2D eigenvalue weighted by Gasteiger charge is -2.36. The fraction of sp³-hybridized carbons (Fsp3) is 0.421. The molecule has 1 amide bonds. The molecule has 1 aromatic carbocycles. The third-order valence-corrected chi connectivity index (χ3v) is 4.55. The van der Waals surface area contributed by atoms with Gasteiger partial charge in [-0.15, -0.1) is 0 Å². The molecule has 1 aliphatic rings. The molecule has 1 aromatic heterocycles. The molecule has 2 aromatic rings. The van der Waals surface area contributed by atoms with Crippen molar-refractivity contribution in [3.05, 3.63) is 47.3 Å². The van der Waals surface area contributed by atoms with Crippen molar-refractivity contribution in [1.82, 2.24) is 10.1 Å². The summed E-state index contributed by atoms with van der Waals surface area (Å²) in [6, 6.07) is 10.1. The Labute approximate surface area is 152 Å². The number of hydrogen-bond donors (Lipinski definition) is 0. The van der Waals surface area contributed by atoms with Gasteiger partial charge in [-0.1, -0.05) is 30.3 Å². The quantitative estimate of drug-likeness (QED) is 0.763. The van der Waals surface area contributed by atoms with Gasteiger partial charge in [0.15, 0.2) is 6.61 Å². The largest absolute Gasteiger partial charge is 0.452 e. The van der Waals surface area contributed by atoms with Crippen LogP contribution in [0.15, 0.2) is 34.9 Å². The Morgan fingerprint density at radius 1 is 1.15 bits per heavy atom. The van der Waals surface area contributed by atoms with Gasteiger partial charge in [0.25, 0.3) is 5.91 Å². The van der Waals surface area contributed by atoms with Crippen LogP contribution in [0.5, 0.6) is 0 Å². The molecule has 0 saturated carbocycles. The maximum Gasteiger partial charge on any atom is 0.344 e. The SMILES string of the molecule is CCc1noc(C)c1C(=O)OCC(=O)N1CCN(c2ccccc2)CC1. The molecule has 0 aliphatic carbocycles. The number of aryl methyl sites for hydroxylation is 2. The molecule has 0 bridgehead atoms. The second-order valence-electron chi connectivity index (χ2n) is 6.19. The number of amides is 1. The van der Waals surface area contributed by atoms with Gasteiger partial charge in [-0.2, -0.15) is 0 Å². The number of aromatic nitrogens is 1. The van der Waals surface area contributed by atoms with Crippen LogP contribution in [0, 0.1) is 6.92 Å². The highest BCUT2D eigenvalue weighted by atomic mass is 16.5. The van der Waals surface area contributed by atoms with Crippen LogP contribution in [0.1, 0.15) is 28.7 Å². The first-order valence-electron chi connectivity index (χ1n) is 8.80. The van der Waals surface area contributed by atoms with Crippen LogP contribution in [0.2, 0.25) is 0 Å². The molecule has 0 unspecified atom stereocenters. The Bertz CT molecular complexity index is 764. The highest BCUT2D eigenvalue weighted by Gasteiger charge is 2.25. The average Bonchev–Trinajstić information content (AvgIpc) is 3.07. The summed E-state index contributed by atoms with van der Waals surface area (Å²) in [5.41, 5.74) is 2.03. The van der Waals surface area contributed by atoms with Crippen molar-refractivity contribution in [3.8, 4) is 0 Å². The lowest BCUT2D eigenvalue weighted by molar-refractivity contribution is -0.134. The predicted octanol–water partition coefficient (Wildman–Crippen LogP) is 2.05. The van der Waals surface area contributed by atoms with E-state index in [0.29, 0.717) is 36.5 Å². The summed E-state index contributed by atoms with van der Waals surface area (Å²) < 4.78 is 10.2. The Morgan fingerprint density at radius 3 is 2.50 bits per heavy atom. The standard InChI is InChI=1S/C19H23N3O4/c1-3-16-18(14(2)26-20-16)19(24)25-13-17(23)22-11-9-21(10-12-22)15-7-5-4-6-8-15/h4-8H,3,9-13H2,1-2H3. The summed E-state index contributed by atoms with van der Waals surface area (Å²) >= 11 is 0. The van der Waals surface area contributed by atoms with Gasteiger partial charge in [-0.05, 0) is 25.5 Å². The average molecular weight is 357 g/mol. The van der Waals surface area contributed by atoms with E-state index in [0.717, 1.165) is 18.8 Å². The first kappa shape index (κ1) is 18.0. The number of esters is 1. The van der Waals surface area contributed by atoms with Crippen molar-refractivity contribution in [2.75, 3.05) is 37.7 Å². The molecule has 138 valence electrons. The smallest absolute Gasteiger partial charge is 0.344 e. The number of nitrogens with zero attached hydrogens (tertiary/aromatic N) is 3. The maximum atomic E-state index is 12.3. The second-order valence-corrected chi connectivity index (χ2v) is 6.19. The fourth-order valence-corrected chi connectivity index (χ4v) is 3.06. The maximum absolute atomic E-state index is 12.3. The fourth-order valence-electron chi connectivity index (χ4n) is 3.06. The Hall–Kier alpha value is -2.83. The van der Waals surface area contributed by atoms with Gasteiger partial charge in [0, 0.05) is 31.9 Å². The minimum Gasteiger partial charge on any atom is -0.452 e. The number of ether oxygens (including phenoxy) is 1. The molecule has 0 atom stereocenters. The first-order valence-corrected chi connectivity index (χ1v) is 8.80. The highest BCUT2D eigenvalue weighted by Crippen LogP contribution is 2.17. The van der Waals surface area contributed by atoms with Gasteiger partial charge < -0.3 is 19.1 Å². The predicted molar refractivity (Wildman–Crippen MR) is 96.1 cm³/mol. The molecule has 3 rings (SSSR count). The molecule has 26 heavy (non-hydrogen) atoms. The van der Waals surface area contributed by atoms with E-state index in [-0.39, 0.29) is 12.5 Å². The molecule has 7 nitrogen and oxygen atoms in total. The molecule has 0 N–H and O–H groups in total. The zero-order valence-electron chi connectivity index (χ0n) is 15.1. The van der Waals surface area contributed by atoms with E-state index in [4.69, 9.17) is 9.26 Å². The van der Waals surface area contributed by atoms with Gasteiger partial charge >= 0.3 is 5.97 Å². The van der Waals surface area contributed by atoms with E-state index < -0.39 is 5.97 Å². The van der Waals surface area contributed by atoms with Crippen LogP contribution in [-0.2, 0) is 16.0 Å². The zero-order chi connectivity index (χ0) is 18.5. The van der Waals surface area contributed by atoms with Gasteiger partial charge in [0.05, 0.1) is 5.69 Å². The van der Waals surface area contributed by atoms with Crippen molar-refractivity contribution < 1.29 is 18.8 Å². The van der Waals surface area contributed by atoms with Crippen LogP contribution in [0.4, 0.5) is 5.69 Å². The molecule has 1 fully saturated rings. The number of anilines is 1. The third kappa shape index (κ3) is 3.87. The summed E-state index contributed by atoms with van der Waals surface area (Å²) in [7, 11) is 0. The van der Waals surface area contributed by atoms with Crippen LogP contribution in [0.3, 0.4) is 0 Å². The van der Waals surface area contributed by atoms with Gasteiger partial charge in [-0.3, -0.25) is 4.79 Å². The Kier molecular flexibility index (Phi) is 5.55. The number of carbonyl (C=O) groups excluding carboxylic acids is 2. The molecule has 2 heterocycles. The topological polar surface area (TPSA) is 75.9 Å². The van der Waals surface area contributed by atoms with Gasteiger partial charge in [-0.25, -0.2) is 4.79 Å². The van der Waals surface area contributed by atoms with Crippen LogP contribution in [-0.4, -0.2) is 54.7 Å². The molecule has 0 radical (unpaired) electrons. The van der Waals surface area contributed by atoms with E-state index in [1.54, 1.807) is 11.8 Å². The van der Waals surface area contributed by atoms with Gasteiger partial charge in [0.2, 0.25) is 0 Å². The number of piperazine rings is 1. The summed E-state index contributed by atoms with van der Waals surface area (Å²) in [5, 5.41) is 3.83. The molecule has 7 heteroatoms. The minimum atomic E-state index is -0.558. The summed E-state index contributed by atoms with van der Waals surface area (Å²) in [4.78, 5) is 28.5. The highest BCUT2D eigenvalue weighted by molar-refractivity contribution is 5.93. The lowest BCUT2D eigenvalue weighted by Crippen LogP contribution is -2.49. The second kappa shape index (κ2) is 8.03. The van der Waals surface area contributed by atoms with Crippen molar-refractivity contribution in [3.63, 3.8) is 0 Å². The number of rotatable bonds is 5. The van der Waals surface area contributed by atoms with Crippen LogP contribution >= 0.6 is 0 Å². The minimum absolute atomic E-state index is 0.182. The molecular formula is C19H23N3O4. The van der Waals surface area contributed by atoms with Gasteiger partial charge in [0.1, 0.15) is 11.3 Å². The summed E-state index contributed by atoms with van der Waals surface area (Å²) in [5.74, 6) is -0.328. The van der Waals surface area contributed by atoms with Crippen molar-refractivity contribution >= 4 is 17.6 Å². The lowest BCUT2D eigenvalue weighted by atomic mass is 10.1. The zero-order valence-corrected chi connectivity index (χ0v) is 15.1. The third-order valence-electron chi connectivity index (χ3n) is 4.55. The van der Waals surface area contributed by atoms with Crippen LogP contribution in [0.25, 0.3) is 0 Å². The van der Waals surface area contributed by atoms with E-state index >= 15 is 0 Å². The van der Waals surface area contributed by atoms with Crippen LogP contribution < -0.4 is 4.90 Å². The van der Waals surface area contributed by atoms with E-state index in [9.17, 15) is 9.59 Å². The number of para-hydroxylation sites is 1. The first-order chi connectivity index (χ1) is 12.6. The molecule has 1 aliphatic heterocycles. The summed E-state index contributed by atoms with van der Waals surface area (Å²) in [6.45, 7) is 6.01. The van der Waals surface area contributed by atoms with E-state index in [1.807, 2.05) is 25.1 Å². The van der Waals surface area contributed by atoms with Crippen molar-refractivity contribution in [1.29, 1.82) is 0 Å². The van der Waals surface area contributed by atoms with E-state index in [2.05, 4.69) is 22.2 Å². The number of hydrogen-bond acceptors (Lipinski definition) is 6. The Morgan fingerprint density at radius 2 is 1.85 bits per heavy atom. The number of benzene rings is 1. The monoisotopic (exact) mass is 357 g/mol. The molecular weight excluding hydrogens is 334 g/mol. The molecule has 0 spiro atoms. The normalized spacial score (nSPS) is 14.4. The molecule has 1 saturated heterocycles. The number of carbonyl (C=O) groups is 2. The van der Waals surface area contributed by atoms with Crippen molar-refractivity contribution in [2.24, 2.45) is 0 Å².